The standard InChI is InChI=1S/C10H16BrN3O/c1-8(2)14(7-5-11)10(15)9-4-6-12-13(9)3/h4,6,8H,5,7H2,1-3H3. The maximum absolute atomic E-state index is 12.1. The zero-order valence-electron chi connectivity index (χ0n) is 9.27. The van der Waals surface area contributed by atoms with Crippen molar-refractivity contribution >= 4 is 21.8 Å². The zero-order chi connectivity index (χ0) is 11.4. The molecule has 0 saturated carbocycles. The molecule has 0 atom stereocenters. The summed E-state index contributed by atoms with van der Waals surface area (Å²) in [5.41, 5.74) is 0.629. The molecule has 0 aliphatic rings. The van der Waals surface area contributed by atoms with Gasteiger partial charge in [0.15, 0.2) is 0 Å². The number of alkyl halides is 1. The highest BCUT2D eigenvalue weighted by Gasteiger charge is 2.20. The van der Waals surface area contributed by atoms with Gasteiger partial charge in [0.1, 0.15) is 5.69 Å². The first-order valence-corrected chi connectivity index (χ1v) is 6.05. The predicted octanol–water partition coefficient (Wildman–Crippen LogP) is 1.67. The van der Waals surface area contributed by atoms with Crippen LogP contribution in [0.4, 0.5) is 0 Å². The second-order valence-corrected chi connectivity index (χ2v) is 4.41. The third kappa shape index (κ3) is 2.81. The third-order valence-corrected chi connectivity index (χ3v) is 2.60. The molecule has 4 nitrogen and oxygen atoms in total. The van der Waals surface area contributed by atoms with Crippen molar-refractivity contribution in [2.24, 2.45) is 7.05 Å². The van der Waals surface area contributed by atoms with Gasteiger partial charge in [-0.25, -0.2) is 0 Å². The fraction of sp³-hybridized carbons (Fsp3) is 0.600. The molecule has 1 amide bonds. The SMILES string of the molecule is CC(C)N(CCBr)C(=O)c1ccnn1C. The van der Waals surface area contributed by atoms with Gasteiger partial charge in [-0.1, -0.05) is 15.9 Å². The molecule has 1 aromatic heterocycles. The Labute approximate surface area is 98.4 Å². The van der Waals surface area contributed by atoms with Crippen molar-refractivity contribution in [2.75, 3.05) is 11.9 Å². The molecule has 0 radical (unpaired) electrons. The Bertz CT molecular complexity index is 335. The van der Waals surface area contributed by atoms with Crippen LogP contribution in [0.15, 0.2) is 12.3 Å². The minimum atomic E-state index is 0.0319. The summed E-state index contributed by atoms with van der Waals surface area (Å²) in [6, 6.07) is 1.94. The van der Waals surface area contributed by atoms with Crippen molar-refractivity contribution in [3.8, 4) is 0 Å². The molecule has 1 aromatic rings. The summed E-state index contributed by atoms with van der Waals surface area (Å²) in [7, 11) is 1.78. The highest BCUT2D eigenvalue weighted by molar-refractivity contribution is 9.09. The Balaban J connectivity index is 2.86. The fourth-order valence-corrected chi connectivity index (χ4v) is 1.80. The van der Waals surface area contributed by atoms with Gasteiger partial charge in [-0.3, -0.25) is 9.48 Å². The van der Waals surface area contributed by atoms with Crippen LogP contribution < -0.4 is 0 Å². The van der Waals surface area contributed by atoms with E-state index in [0.717, 1.165) is 5.33 Å². The molecule has 0 fully saturated rings. The number of carbonyl (C=O) groups is 1. The molecular weight excluding hydrogens is 258 g/mol. The third-order valence-electron chi connectivity index (χ3n) is 2.25. The Morgan fingerprint density at radius 1 is 1.67 bits per heavy atom. The first-order chi connectivity index (χ1) is 7.07. The number of aromatic nitrogens is 2. The highest BCUT2D eigenvalue weighted by atomic mass is 79.9. The molecule has 0 N–H and O–H groups in total. The molecule has 0 aliphatic carbocycles. The van der Waals surface area contributed by atoms with E-state index in [1.807, 2.05) is 18.7 Å². The lowest BCUT2D eigenvalue weighted by Crippen LogP contribution is -2.39. The van der Waals surface area contributed by atoms with Crippen LogP contribution in [0, 0.1) is 0 Å². The first-order valence-electron chi connectivity index (χ1n) is 4.93. The first kappa shape index (κ1) is 12.2. The second-order valence-electron chi connectivity index (χ2n) is 3.62. The van der Waals surface area contributed by atoms with Crippen LogP contribution in [0.5, 0.6) is 0 Å². The van der Waals surface area contributed by atoms with E-state index in [-0.39, 0.29) is 11.9 Å². The number of amides is 1. The van der Waals surface area contributed by atoms with E-state index in [4.69, 9.17) is 0 Å². The molecule has 0 spiro atoms. The Morgan fingerprint density at radius 3 is 2.73 bits per heavy atom. The van der Waals surface area contributed by atoms with Crippen LogP contribution in [0.2, 0.25) is 0 Å². The van der Waals surface area contributed by atoms with Gasteiger partial charge in [-0.2, -0.15) is 5.10 Å². The van der Waals surface area contributed by atoms with Gasteiger partial charge >= 0.3 is 0 Å². The van der Waals surface area contributed by atoms with Gasteiger partial charge in [-0.15, -0.1) is 0 Å². The summed E-state index contributed by atoms with van der Waals surface area (Å²) in [5, 5.41) is 4.78. The van der Waals surface area contributed by atoms with E-state index >= 15 is 0 Å². The number of halogens is 1. The van der Waals surface area contributed by atoms with E-state index in [9.17, 15) is 4.79 Å². The van der Waals surface area contributed by atoms with Crippen molar-refractivity contribution in [2.45, 2.75) is 19.9 Å². The average molecular weight is 274 g/mol. The number of rotatable bonds is 4. The van der Waals surface area contributed by atoms with Gasteiger partial charge < -0.3 is 4.90 Å². The highest BCUT2D eigenvalue weighted by Crippen LogP contribution is 2.07. The van der Waals surface area contributed by atoms with Gasteiger partial charge in [0, 0.05) is 31.2 Å². The average Bonchev–Trinajstić information content (AvgIpc) is 2.59. The molecule has 1 heterocycles. The van der Waals surface area contributed by atoms with E-state index in [2.05, 4.69) is 21.0 Å². The summed E-state index contributed by atoms with van der Waals surface area (Å²) >= 11 is 3.35. The minimum Gasteiger partial charge on any atom is -0.334 e. The van der Waals surface area contributed by atoms with Gasteiger partial charge in [-0.05, 0) is 19.9 Å². The largest absolute Gasteiger partial charge is 0.334 e. The molecular formula is C10H16BrN3O. The number of aryl methyl sites for hydroxylation is 1. The maximum atomic E-state index is 12.1. The van der Waals surface area contributed by atoms with Crippen LogP contribution in [-0.4, -0.2) is 38.5 Å². The molecule has 84 valence electrons. The molecule has 15 heavy (non-hydrogen) atoms. The smallest absolute Gasteiger partial charge is 0.272 e. The minimum absolute atomic E-state index is 0.0319. The summed E-state index contributed by atoms with van der Waals surface area (Å²) < 4.78 is 1.60. The topological polar surface area (TPSA) is 38.1 Å². The van der Waals surface area contributed by atoms with E-state index in [1.165, 1.54) is 0 Å². The van der Waals surface area contributed by atoms with Crippen molar-refractivity contribution in [1.82, 2.24) is 14.7 Å². The normalized spacial score (nSPS) is 10.7. The van der Waals surface area contributed by atoms with Crippen molar-refractivity contribution in [1.29, 1.82) is 0 Å². The fourth-order valence-electron chi connectivity index (χ4n) is 1.42. The van der Waals surface area contributed by atoms with Crippen molar-refractivity contribution in [3.05, 3.63) is 18.0 Å². The maximum Gasteiger partial charge on any atom is 0.272 e. The van der Waals surface area contributed by atoms with Gasteiger partial charge in [0.05, 0.1) is 0 Å². The van der Waals surface area contributed by atoms with Crippen LogP contribution in [0.3, 0.4) is 0 Å². The number of nitrogens with zero attached hydrogens (tertiary/aromatic N) is 3. The Hall–Kier alpha value is -0.840. The molecule has 0 aliphatic heterocycles. The van der Waals surface area contributed by atoms with Crippen LogP contribution in [0.25, 0.3) is 0 Å². The molecule has 0 saturated heterocycles. The van der Waals surface area contributed by atoms with Crippen molar-refractivity contribution in [3.63, 3.8) is 0 Å². The van der Waals surface area contributed by atoms with E-state index in [1.54, 1.807) is 24.0 Å². The summed E-state index contributed by atoms with van der Waals surface area (Å²) in [4.78, 5) is 13.9. The molecule has 5 heteroatoms. The van der Waals surface area contributed by atoms with E-state index < -0.39 is 0 Å². The van der Waals surface area contributed by atoms with Crippen LogP contribution >= 0.6 is 15.9 Å². The molecule has 0 unspecified atom stereocenters. The lowest BCUT2D eigenvalue weighted by molar-refractivity contribution is 0.0708. The summed E-state index contributed by atoms with van der Waals surface area (Å²) in [5.74, 6) is 0.0319. The monoisotopic (exact) mass is 273 g/mol. The summed E-state index contributed by atoms with van der Waals surface area (Å²) in [6.45, 7) is 4.73. The van der Waals surface area contributed by atoms with E-state index in [0.29, 0.717) is 12.2 Å². The second kappa shape index (κ2) is 5.30. The van der Waals surface area contributed by atoms with Crippen molar-refractivity contribution < 1.29 is 4.79 Å². The predicted molar refractivity (Wildman–Crippen MR) is 63.2 cm³/mol. The quantitative estimate of drug-likeness (QED) is 0.783. The van der Waals surface area contributed by atoms with Crippen LogP contribution in [-0.2, 0) is 7.05 Å². The Morgan fingerprint density at radius 2 is 2.33 bits per heavy atom. The zero-order valence-corrected chi connectivity index (χ0v) is 10.9. The van der Waals surface area contributed by atoms with Crippen LogP contribution in [0.1, 0.15) is 24.3 Å². The summed E-state index contributed by atoms with van der Waals surface area (Å²) in [6.07, 6.45) is 1.64. The molecule has 0 bridgehead atoms. The Kier molecular flexibility index (Phi) is 4.32. The lowest BCUT2D eigenvalue weighted by atomic mass is 10.2. The number of hydrogen-bond donors (Lipinski definition) is 0. The van der Waals surface area contributed by atoms with Gasteiger partial charge in [0.2, 0.25) is 0 Å². The molecule has 1 rings (SSSR count). The molecule has 0 aromatic carbocycles. The number of carbonyl (C=O) groups excluding carboxylic acids is 1. The van der Waals surface area contributed by atoms with Gasteiger partial charge in [0.25, 0.3) is 5.91 Å². The number of hydrogen-bond acceptors (Lipinski definition) is 2. The lowest BCUT2D eigenvalue weighted by Gasteiger charge is -2.25.